The van der Waals surface area contributed by atoms with Gasteiger partial charge in [0.2, 0.25) is 17.8 Å². The summed E-state index contributed by atoms with van der Waals surface area (Å²) in [5.41, 5.74) is 16.0. The van der Waals surface area contributed by atoms with Gasteiger partial charge in [-0.2, -0.15) is 29.9 Å². The van der Waals surface area contributed by atoms with Gasteiger partial charge in [-0.1, -0.05) is 191 Å². The van der Waals surface area contributed by atoms with Gasteiger partial charge in [0, 0.05) is 118 Å². The van der Waals surface area contributed by atoms with Crippen molar-refractivity contribution < 1.29 is 44.1 Å². The Morgan fingerprint density at radius 2 is 0.595 bits per heavy atom. The fourth-order valence-electron chi connectivity index (χ4n) is 15.7. The van der Waals surface area contributed by atoms with Crippen molar-refractivity contribution in [2.24, 2.45) is 0 Å². The first-order valence-corrected chi connectivity index (χ1v) is 40.6. The molecule has 6 aromatic carbocycles. The van der Waals surface area contributed by atoms with Gasteiger partial charge >= 0.3 is 0 Å². The second kappa shape index (κ2) is 40.0. The summed E-state index contributed by atoms with van der Waals surface area (Å²) in [4.78, 5) is 46.0. The molecule has 3 aliphatic carbocycles. The van der Waals surface area contributed by atoms with Crippen molar-refractivity contribution >= 4 is 68.8 Å². The van der Waals surface area contributed by atoms with Gasteiger partial charge in [0.05, 0.1) is 19.0 Å². The van der Waals surface area contributed by atoms with Crippen molar-refractivity contribution in [2.45, 2.75) is 220 Å². The molecule has 3 aliphatic rings. The number of hydrogen-bond acceptors (Lipinski definition) is 18. The van der Waals surface area contributed by atoms with Gasteiger partial charge < -0.3 is 61.1 Å². The van der Waals surface area contributed by atoms with Crippen LogP contribution < -0.4 is 42.5 Å². The second-order valence-corrected chi connectivity index (χ2v) is 30.6. The fraction of sp³-hybridized carbons (Fsp3) is 0.427. The molecule has 0 bridgehead atoms. The summed E-state index contributed by atoms with van der Waals surface area (Å²) in [6, 6.07) is 61.4. The zero-order valence-electron chi connectivity index (χ0n) is 66.8. The first-order chi connectivity index (χ1) is 53.8. The second-order valence-electron chi connectivity index (χ2n) is 30.6. The molecule has 579 valence electrons. The number of rotatable bonds is 28. The Balaban J connectivity index is 0.000000154. The van der Waals surface area contributed by atoms with Crippen LogP contribution in [-0.2, 0) is 19.6 Å². The number of hydrogen-bond donors (Lipinski definition) is 8. The Morgan fingerprint density at radius 3 is 0.856 bits per heavy atom. The van der Waals surface area contributed by atoms with Crippen LogP contribution in [0.2, 0.25) is 0 Å². The molecule has 6 heterocycles. The number of imidazole rings is 3. The van der Waals surface area contributed by atoms with Gasteiger partial charge in [-0.25, -0.2) is 15.0 Å². The van der Waals surface area contributed by atoms with E-state index in [1.165, 1.54) is 88.6 Å². The molecular formula is C89H115AcN21. The van der Waals surface area contributed by atoms with E-state index in [1.807, 2.05) is 37.2 Å². The van der Waals surface area contributed by atoms with Gasteiger partial charge in [-0.15, -0.1) is 0 Å². The van der Waals surface area contributed by atoms with Gasteiger partial charge in [0.15, 0.2) is 50.9 Å². The van der Waals surface area contributed by atoms with Gasteiger partial charge in [0.25, 0.3) is 0 Å². The minimum Gasteiger partial charge on any atom is -0.364 e. The van der Waals surface area contributed by atoms with E-state index in [2.05, 4.69) is 291 Å². The average molecular weight is 1710 g/mol. The summed E-state index contributed by atoms with van der Waals surface area (Å²) in [6.07, 6.45) is 19.6. The third kappa shape index (κ3) is 21.5. The molecule has 0 amide bonds. The first kappa shape index (κ1) is 81.6. The molecule has 1 radical (unpaired) electrons. The zero-order chi connectivity index (χ0) is 76.3. The standard InChI is InChI=1S/C31H41N7.2C29H37N7.Ac/c1-5-37(6-2)27-18-16-26(17-19-27)34-31-35-29(28-30(36-31)38(21-33-28)22(3)4)32-20-23-12-14-25(15-13-23)24-10-8-7-9-11-24;2*1-4-30-24-14-16-25(17-15-24)33-29-34-27(26-28(35-29)36(19-32-26)20(2)3)31-18-21-10-12-23(13-11-21)22-8-6-5-7-9-22;/h7-15,21-22,26-27H,5-6,16-20H2,1-4H3,(H2,32,34,35,36);2*5-13,19-20,24-25,30H,4,14-18H2,1-3H3,(H2,31,33,34,35);. The van der Waals surface area contributed by atoms with E-state index in [1.54, 1.807) is 0 Å². The largest absolute Gasteiger partial charge is 0.364 e. The minimum absolute atomic E-state index is 0. The number of aromatic nitrogens is 12. The number of fused-ring (bicyclic) bond motifs is 3. The number of anilines is 6. The molecule has 0 spiro atoms. The van der Waals surface area contributed by atoms with Crippen LogP contribution in [0.5, 0.6) is 0 Å². The van der Waals surface area contributed by atoms with Crippen LogP contribution in [0.25, 0.3) is 66.9 Å². The molecular weight excluding hydrogens is 1590 g/mol. The van der Waals surface area contributed by atoms with E-state index in [0.29, 0.717) is 73.7 Å². The molecule has 21 nitrogen and oxygen atoms in total. The predicted octanol–water partition coefficient (Wildman–Crippen LogP) is 18.8. The van der Waals surface area contributed by atoms with Crippen molar-refractivity contribution in [1.29, 1.82) is 0 Å². The first-order valence-electron chi connectivity index (χ1n) is 40.6. The summed E-state index contributed by atoms with van der Waals surface area (Å²) in [5.74, 6) is 4.37. The van der Waals surface area contributed by atoms with Gasteiger partial charge in [-0.05, 0) is 195 Å². The van der Waals surface area contributed by atoms with Crippen molar-refractivity contribution in [3.63, 3.8) is 0 Å². The van der Waals surface area contributed by atoms with Crippen LogP contribution >= 0.6 is 0 Å². The molecule has 111 heavy (non-hydrogen) atoms. The summed E-state index contributed by atoms with van der Waals surface area (Å²) in [5, 5.41) is 28.7. The van der Waals surface area contributed by atoms with Crippen LogP contribution in [0.4, 0.5) is 35.3 Å². The summed E-state index contributed by atoms with van der Waals surface area (Å²) < 4.78 is 6.35. The fourth-order valence-corrected chi connectivity index (χ4v) is 15.7. The van der Waals surface area contributed by atoms with Crippen LogP contribution in [0.3, 0.4) is 0 Å². The third-order valence-electron chi connectivity index (χ3n) is 22.0. The van der Waals surface area contributed by atoms with Crippen molar-refractivity contribution in [1.82, 2.24) is 74.1 Å². The van der Waals surface area contributed by atoms with Crippen molar-refractivity contribution in [3.8, 4) is 33.4 Å². The minimum atomic E-state index is 0. The molecule has 0 aliphatic heterocycles. The van der Waals surface area contributed by atoms with E-state index in [4.69, 9.17) is 29.9 Å². The van der Waals surface area contributed by atoms with Gasteiger partial charge in [0.1, 0.15) is 0 Å². The molecule has 3 fully saturated rings. The van der Waals surface area contributed by atoms with Crippen LogP contribution in [0.1, 0.15) is 181 Å². The average Bonchev–Trinajstić information content (AvgIpc) is 1.67. The number of nitrogens with one attached hydrogen (secondary N) is 8. The Kier molecular flexibility index (Phi) is 29.4. The smallest absolute Gasteiger partial charge is 0.227 e. The monoisotopic (exact) mass is 1700 g/mol. The molecule has 0 unspecified atom stereocenters. The van der Waals surface area contributed by atoms with Crippen LogP contribution in [0, 0.1) is 44.1 Å². The normalized spacial score (nSPS) is 17.8. The van der Waals surface area contributed by atoms with E-state index >= 15 is 0 Å². The maximum atomic E-state index is 4.93. The third-order valence-corrected chi connectivity index (χ3v) is 22.0. The predicted molar refractivity (Wildman–Crippen MR) is 454 cm³/mol. The van der Waals surface area contributed by atoms with Crippen molar-refractivity contribution in [2.75, 3.05) is 58.1 Å². The maximum Gasteiger partial charge on any atom is 0.227 e. The van der Waals surface area contributed by atoms with E-state index < -0.39 is 0 Å². The Morgan fingerprint density at radius 1 is 0.333 bits per heavy atom. The van der Waals surface area contributed by atoms with Crippen LogP contribution in [0.15, 0.2) is 183 Å². The quantitative estimate of drug-likeness (QED) is 0.0228. The van der Waals surface area contributed by atoms with Crippen molar-refractivity contribution in [3.05, 3.63) is 199 Å². The molecule has 0 atom stereocenters. The Hall–Kier alpha value is -8.91. The summed E-state index contributed by atoms with van der Waals surface area (Å²) in [6.45, 7) is 28.1. The number of nitrogens with zero attached hydrogens (tertiary/aromatic N) is 13. The van der Waals surface area contributed by atoms with Crippen LogP contribution in [-0.4, -0.2) is 126 Å². The maximum absolute atomic E-state index is 4.93. The molecule has 12 aromatic rings. The molecule has 6 aromatic heterocycles. The molecule has 0 saturated heterocycles. The molecule has 22 heteroatoms. The molecule has 3 saturated carbocycles. The summed E-state index contributed by atoms with van der Waals surface area (Å²) in [7, 11) is 0. The van der Waals surface area contributed by atoms with E-state index in [-0.39, 0.29) is 62.2 Å². The van der Waals surface area contributed by atoms with E-state index in [9.17, 15) is 0 Å². The summed E-state index contributed by atoms with van der Waals surface area (Å²) >= 11 is 0. The Bertz CT molecular complexity index is 4590. The van der Waals surface area contributed by atoms with E-state index in [0.717, 1.165) is 116 Å². The molecule has 15 rings (SSSR count). The SMILES string of the molecule is CCN(CC)C1CCC(Nc2nc(NCc3ccc(-c4ccccc4)cc3)c3ncn(C(C)C)c3n2)CC1.CCNC1CCC(Nc2nc(NCc3ccc(-c4ccccc4)cc3)c3ncn(C(C)C)c3n2)CC1.CCNC1CCC(Nc2nc(NCc3ccc(-c4ccccc4)cc3)c3ncn(C(C)C)c3n2)CC1.[Ac]. The molecule has 8 N–H and O–H groups in total. The number of benzene rings is 6. The zero-order valence-corrected chi connectivity index (χ0v) is 71.6. The van der Waals surface area contributed by atoms with Gasteiger partial charge in [-0.3, -0.25) is 0 Å². The topological polar surface area (TPSA) is 230 Å². The Labute approximate surface area is 692 Å².